The standard InChI is InChI=1S/C16H14N2O2S/c1-18(11-15-3-2-8-21-15)16(20)13(10-17)9-12-4-6-14(19)7-5-12/h2-9,19H,11H2,1H3/b13-9+. The van der Waals surface area contributed by atoms with Gasteiger partial charge in [-0.05, 0) is 35.2 Å². The molecular weight excluding hydrogens is 284 g/mol. The number of likely N-dealkylation sites (N-methyl/N-ethyl adjacent to an activating group) is 1. The Hall–Kier alpha value is -2.58. The largest absolute Gasteiger partial charge is 0.508 e. The van der Waals surface area contributed by atoms with E-state index in [0.717, 1.165) is 4.88 Å². The number of nitrogens with zero attached hydrogens (tertiary/aromatic N) is 2. The van der Waals surface area contributed by atoms with Crippen LogP contribution in [0.5, 0.6) is 5.75 Å². The lowest BCUT2D eigenvalue weighted by Gasteiger charge is -2.15. The molecule has 1 aromatic heterocycles. The van der Waals surface area contributed by atoms with Gasteiger partial charge >= 0.3 is 0 Å². The van der Waals surface area contributed by atoms with Gasteiger partial charge in [-0.2, -0.15) is 5.26 Å². The number of amides is 1. The molecule has 0 atom stereocenters. The Kier molecular flexibility index (Phi) is 4.75. The van der Waals surface area contributed by atoms with Crippen LogP contribution < -0.4 is 0 Å². The Morgan fingerprint density at radius 1 is 1.38 bits per heavy atom. The average Bonchev–Trinajstić information content (AvgIpc) is 2.99. The van der Waals surface area contributed by atoms with Gasteiger partial charge in [-0.15, -0.1) is 11.3 Å². The third-order valence-electron chi connectivity index (χ3n) is 2.87. The topological polar surface area (TPSA) is 64.3 Å². The van der Waals surface area contributed by atoms with E-state index >= 15 is 0 Å². The molecule has 1 amide bonds. The predicted molar refractivity (Wildman–Crippen MR) is 82.5 cm³/mol. The fourth-order valence-corrected chi connectivity index (χ4v) is 2.55. The third kappa shape index (κ3) is 3.94. The van der Waals surface area contributed by atoms with E-state index in [1.165, 1.54) is 23.1 Å². The first kappa shape index (κ1) is 14.8. The van der Waals surface area contributed by atoms with Gasteiger partial charge in [0.25, 0.3) is 5.91 Å². The molecule has 2 aromatic rings. The summed E-state index contributed by atoms with van der Waals surface area (Å²) in [7, 11) is 1.67. The lowest BCUT2D eigenvalue weighted by Crippen LogP contribution is -2.26. The summed E-state index contributed by atoms with van der Waals surface area (Å²) in [6.45, 7) is 0.477. The van der Waals surface area contributed by atoms with Crippen molar-refractivity contribution in [3.05, 3.63) is 57.8 Å². The molecule has 0 aliphatic rings. The highest BCUT2D eigenvalue weighted by molar-refractivity contribution is 7.09. The third-order valence-corrected chi connectivity index (χ3v) is 3.74. The molecule has 0 spiro atoms. The molecule has 0 fully saturated rings. The van der Waals surface area contributed by atoms with Gasteiger partial charge in [0.15, 0.2) is 0 Å². The Morgan fingerprint density at radius 3 is 2.67 bits per heavy atom. The maximum absolute atomic E-state index is 12.3. The Balaban J connectivity index is 2.14. The fourth-order valence-electron chi connectivity index (χ4n) is 1.79. The van der Waals surface area contributed by atoms with Crippen molar-refractivity contribution in [1.82, 2.24) is 4.90 Å². The zero-order chi connectivity index (χ0) is 15.2. The summed E-state index contributed by atoms with van der Waals surface area (Å²) in [5.74, 6) is -0.175. The number of carbonyl (C=O) groups is 1. The summed E-state index contributed by atoms with van der Waals surface area (Å²) in [6.07, 6.45) is 1.52. The zero-order valence-electron chi connectivity index (χ0n) is 11.5. The second-order valence-electron chi connectivity index (χ2n) is 4.50. The number of benzene rings is 1. The van der Waals surface area contributed by atoms with Gasteiger partial charge in [0, 0.05) is 11.9 Å². The summed E-state index contributed by atoms with van der Waals surface area (Å²) in [5.41, 5.74) is 0.766. The average molecular weight is 298 g/mol. The first-order valence-corrected chi connectivity index (χ1v) is 7.17. The number of hydrogen-bond donors (Lipinski definition) is 1. The molecule has 5 heteroatoms. The van der Waals surface area contributed by atoms with E-state index in [-0.39, 0.29) is 17.2 Å². The van der Waals surface area contributed by atoms with E-state index in [1.54, 1.807) is 30.5 Å². The van der Waals surface area contributed by atoms with Gasteiger partial charge in [0.1, 0.15) is 17.4 Å². The van der Waals surface area contributed by atoms with Gasteiger partial charge in [0.05, 0.1) is 6.54 Å². The van der Waals surface area contributed by atoms with Gasteiger partial charge in [-0.3, -0.25) is 4.79 Å². The zero-order valence-corrected chi connectivity index (χ0v) is 12.3. The summed E-state index contributed by atoms with van der Waals surface area (Å²) < 4.78 is 0. The van der Waals surface area contributed by atoms with Crippen LogP contribution in [0.25, 0.3) is 6.08 Å². The molecule has 106 valence electrons. The van der Waals surface area contributed by atoms with E-state index < -0.39 is 0 Å². The van der Waals surface area contributed by atoms with E-state index in [1.807, 2.05) is 23.6 Å². The molecule has 0 saturated heterocycles. The van der Waals surface area contributed by atoms with Crippen LogP contribution in [0.4, 0.5) is 0 Å². The molecule has 4 nitrogen and oxygen atoms in total. The minimum absolute atomic E-state index is 0.0692. The van der Waals surface area contributed by atoms with Crippen LogP contribution >= 0.6 is 11.3 Å². The highest BCUT2D eigenvalue weighted by Crippen LogP contribution is 2.15. The van der Waals surface area contributed by atoms with Crippen molar-refractivity contribution in [3.63, 3.8) is 0 Å². The molecular formula is C16H14N2O2S. The number of hydrogen-bond acceptors (Lipinski definition) is 4. The van der Waals surface area contributed by atoms with Gasteiger partial charge in [0.2, 0.25) is 0 Å². The predicted octanol–water partition coefficient (Wildman–Crippen LogP) is 3.02. The minimum Gasteiger partial charge on any atom is -0.508 e. The van der Waals surface area contributed by atoms with E-state index in [4.69, 9.17) is 0 Å². The van der Waals surface area contributed by atoms with Crippen molar-refractivity contribution in [1.29, 1.82) is 5.26 Å². The van der Waals surface area contributed by atoms with Crippen molar-refractivity contribution in [2.24, 2.45) is 0 Å². The second-order valence-corrected chi connectivity index (χ2v) is 5.53. The number of rotatable bonds is 4. The number of phenols is 1. The summed E-state index contributed by atoms with van der Waals surface area (Å²) in [5, 5.41) is 20.4. The van der Waals surface area contributed by atoms with Crippen molar-refractivity contribution in [2.45, 2.75) is 6.54 Å². The highest BCUT2D eigenvalue weighted by Gasteiger charge is 2.15. The number of thiophene rings is 1. The van der Waals surface area contributed by atoms with Gasteiger partial charge < -0.3 is 10.0 Å². The lowest BCUT2D eigenvalue weighted by molar-refractivity contribution is -0.125. The molecule has 0 saturated carbocycles. The molecule has 0 unspecified atom stereocenters. The molecule has 1 N–H and O–H groups in total. The molecule has 1 heterocycles. The van der Waals surface area contributed by atoms with Crippen LogP contribution in [0.3, 0.4) is 0 Å². The van der Waals surface area contributed by atoms with E-state index in [9.17, 15) is 15.2 Å². The second kappa shape index (κ2) is 6.73. The van der Waals surface area contributed by atoms with Crippen LogP contribution in [0, 0.1) is 11.3 Å². The van der Waals surface area contributed by atoms with E-state index in [0.29, 0.717) is 12.1 Å². The quantitative estimate of drug-likeness (QED) is 0.697. The van der Waals surface area contributed by atoms with Crippen molar-refractivity contribution >= 4 is 23.3 Å². The molecule has 0 bridgehead atoms. The molecule has 1 aromatic carbocycles. The maximum atomic E-state index is 12.3. The van der Waals surface area contributed by atoms with Crippen LogP contribution in [0.1, 0.15) is 10.4 Å². The molecule has 21 heavy (non-hydrogen) atoms. The molecule has 0 radical (unpaired) electrons. The Bertz CT molecular complexity index is 682. The SMILES string of the molecule is CN(Cc1cccs1)C(=O)/C(C#N)=C/c1ccc(O)cc1. The number of aromatic hydroxyl groups is 1. The van der Waals surface area contributed by atoms with Gasteiger partial charge in [-0.25, -0.2) is 0 Å². The van der Waals surface area contributed by atoms with Crippen molar-refractivity contribution < 1.29 is 9.90 Å². The maximum Gasteiger partial charge on any atom is 0.264 e. The molecule has 0 aliphatic heterocycles. The van der Waals surface area contributed by atoms with Crippen LogP contribution in [0.15, 0.2) is 47.4 Å². The first-order valence-electron chi connectivity index (χ1n) is 6.29. The normalized spacial score (nSPS) is 11.0. The van der Waals surface area contributed by atoms with Crippen molar-refractivity contribution in [3.8, 4) is 11.8 Å². The lowest BCUT2D eigenvalue weighted by atomic mass is 10.1. The summed E-state index contributed by atoms with van der Waals surface area (Å²) in [6, 6.07) is 12.1. The number of nitriles is 1. The molecule has 0 aliphatic carbocycles. The van der Waals surface area contributed by atoms with Crippen LogP contribution in [0.2, 0.25) is 0 Å². The van der Waals surface area contributed by atoms with Crippen LogP contribution in [-0.2, 0) is 11.3 Å². The van der Waals surface area contributed by atoms with Crippen LogP contribution in [-0.4, -0.2) is 23.0 Å². The molecule has 2 rings (SSSR count). The number of carbonyl (C=O) groups excluding carboxylic acids is 1. The van der Waals surface area contributed by atoms with Gasteiger partial charge in [-0.1, -0.05) is 18.2 Å². The Labute approximate surface area is 127 Å². The fraction of sp³-hybridized carbons (Fsp3) is 0.125. The first-order chi connectivity index (χ1) is 10.1. The summed E-state index contributed by atoms with van der Waals surface area (Å²) >= 11 is 1.57. The minimum atomic E-state index is -0.320. The van der Waals surface area contributed by atoms with E-state index in [2.05, 4.69) is 0 Å². The summed E-state index contributed by atoms with van der Waals surface area (Å²) in [4.78, 5) is 14.8. The Morgan fingerprint density at radius 2 is 2.10 bits per heavy atom. The monoisotopic (exact) mass is 298 g/mol. The smallest absolute Gasteiger partial charge is 0.264 e. The highest BCUT2D eigenvalue weighted by atomic mass is 32.1. The van der Waals surface area contributed by atoms with Crippen molar-refractivity contribution in [2.75, 3.05) is 7.05 Å². The number of phenolic OH excluding ortho intramolecular Hbond substituents is 1.